The molecule has 24 heavy (non-hydrogen) atoms. The Morgan fingerprint density at radius 3 is 2.62 bits per heavy atom. The van der Waals surface area contributed by atoms with Crippen LogP contribution in [0.4, 0.5) is 0 Å². The summed E-state index contributed by atoms with van der Waals surface area (Å²) in [4.78, 5) is 8.96. The van der Waals surface area contributed by atoms with Crippen LogP contribution in [0.2, 0.25) is 18.2 Å². The molecule has 7 heteroatoms. The molecule has 0 amide bonds. The molecule has 0 saturated heterocycles. The average Bonchev–Trinajstić information content (AvgIpc) is 2.73. The van der Waals surface area contributed by atoms with Gasteiger partial charge >= 0.3 is 0 Å². The predicted octanol–water partition coefficient (Wildman–Crippen LogP) is 4.90. The zero-order chi connectivity index (χ0) is 17.6. The number of hydrogen-bond acceptors (Lipinski definition) is 3. The number of fused-ring (bicyclic) bond motifs is 1. The normalized spacial score (nSPS) is 22.8. The maximum absolute atomic E-state index is 6.39. The molecule has 2 aromatic heterocycles. The van der Waals surface area contributed by atoms with Crippen molar-refractivity contribution in [2.45, 2.75) is 58.7 Å². The van der Waals surface area contributed by atoms with Gasteiger partial charge in [0.15, 0.2) is 14.2 Å². The number of aromatic nitrogens is 3. The lowest BCUT2D eigenvalue weighted by atomic mass is 9.66. The van der Waals surface area contributed by atoms with Crippen molar-refractivity contribution in [3.05, 3.63) is 27.1 Å². The van der Waals surface area contributed by atoms with Gasteiger partial charge in [0.1, 0.15) is 15.0 Å². The first-order valence-electron chi connectivity index (χ1n) is 8.52. The van der Waals surface area contributed by atoms with Crippen molar-refractivity contribution in [1.29, 1.82) is 0 Å². The van der Waals surface area contributed by atoms with Gasteiger partial charge in [-0.3, -0.25) is 4.40 Å². The van der Waals surface area contributed by atoms with Crippen molar-refractivity contribution in [2.24, 2.45) is 11.3 Å². The molecular formula is C17H25ClIN3OSi. The molecule has 132 valence electrons. The van der Waals surface area contributed by atoms with Crippen LogP contribution in [0.25, 0.3) is 5.52 Å². The van der Waals surface area contributed by atoms with Gasteiger partial charge in [-0.1, -0.05) is 32.4 Å². The minimum absolute atomic E-state index is 0.184. The second-order valence-electron chi connectivity index (χ2n) is 8.10. The van der Waals surface area contributed by atoms with Crippen molar-refractivity contribution in [2.75, 3.05) is 0 Å². The molecule has 0 radical (unpaired) electrons. The molecule has 2 heterocycles. The molecule has 2 aromatic rings. The van der Waals surface area contributed by atoms with Gasteiger partial charge in [0, 0.05) is 18.3 Å². The van der Waals surface area contributed by atoms with Crippen LogP contribution in [0.15, 0.2) is 12.4 Å². The predicted molar refractivity (Wildman–Crippen MR) is 109 cm³/mol. The van der Waals surface area contributed by atoms with E-state index in [0.717, 1.165) is 27.9 Å². The van der Waals surface area contributed by atoms with E-state index in [9.17, 15) is 0 Å². The highest BCUT2D eigenvalue weighted by molar-refractivity contribution is 14.1. The van der Waals surface area contributed by atoms with Gasteiger partial charge in [-0.2, -0.15) is 0 Å². The van der Waals surface area contributed by atoms with Gasteiger partial charge in [-0.05, 0) is 59.9 Å². The highest BCUT2D eigenvalue weighted by Crippen LogP contribution is 2.48. The first-order chi connectivity index (χ1) is 11.2. The van der Waals surface area contributed by atoms with Crippen LogP contribution in [-0.4, -0.2) is 29.5 Å². The van der Waals surface area contributed by atoms with Crippen molar-refractivity contribution in [3.63, 3.8) is 0 Å². The Hall–Kier alpha value is -0.183. The van der Waals surface area contributed by atoms with E-state index in [4.69, 9.17) is 21.0 Å². The number of rotatable bonds is 4. The maximum Gasteiger partial charge on any atom is 0.171 e. The van der Waals surface area contributed by atoms with Crippen molar-refractivity contribution in [1.82, 2.24) is 14.4 Å². The zero-order valence-electron chi connectivity index (χ0n) is 14.9. The summed E-state index contributed by atoms with van der Waals surface area (Å²) in [5.41, 5.74) is 1.11. The molecule has 3 rings (SSSR count). The molecule has 1 saturated carbocycles. The molecule has 1 unspecified atom stereocenters. The molecular weight excluding hydrogens is 453 g/mol. The summed E-state index contributed by atoms with van der Waals surface area (Å²) in [5.74, 6) is 2.21. The van der Waals surface area contributed by atoms with Crippen LogP contribution in [0.1, 0.15) is 45.4 Å². The van der Waals surface area contributed by atoms with E-state index >= 15 is 0 Å². The fourth-order valence-electron chi connectivity index (χ4n) is 3.71. The number of imidazole rings is 1. The van der Waals surface area contributed by atoms with E-state index in [1.165, 1.54) is 0 Å². The topological polar surface area (TPSA) is 39.4 Å². The van der Waals surface area contributed by atoms with E-state index < -0.39 is 9.04 Å². The molecule has 0 spiro atoms. The Morgan fingerprint density at radius 2 is 2.04 bits per heavy atom. The van der Waals surface area contributed by atoms with Gasteiger partial charge < -0.3 is 4.43 Å². The molecule has 4 nitrogen and oxygen atoms in total. The summed E-state index contributed by atoms with van der Waals surface area (Å²) < 4.78 is 9.44. The van der Waals surface area contributed by atoms with Crippen LogP contribution in [0, 0.1) is 15.0 Å². The fourth-order valence-corrected chi connectivity index (χ4v) is 6.08. The van der Waals surface area contributed by atoms with Gasteiger partial charge in [0.05, 0.1) is 6.10 Å². The average molecular weight is 478 g/mol. The monoisotopic (exact) mass is 477 g/mol. The standard InChI is InChI=1S/C17H25ClIN3OSi/c1-17(2,3)13(23-24(4)5)10-8-11(9-10)16-21-15(19)12-14(18)20-6-7-22(12)16/h6-7,10-11,13,24H,8-9H2,1-5H3. The number of hydrogen-bond donors (Lipinski definition) is 0. The van der Waals surface area contributed by atoms with Gasteiger partial charge in [0.25, 0.3) is 0 Å². The molecule has 0 N–H and O–H groups in total. The molecule has 1 aliphatic rings. The van der Waals surface area contributed by atoms with E-state index in [0.29, 0.717) is 23.1 Å². The molecule has 0 aromatic carbocycles. The lowest BCUT2D eigenvalue weighted by Gasteiger charge is -2.46. The van der Waals surface area contributed by atoms with Gasteiger partial charge in [-0.25, -0.2) is 9.97 Å². The largest absolute Gasteiger partial charge is 0.417 e. The third-order valence-corrected chi connectivity index (χ3v) is 6.60. The molecule has 1 fully saturated rings. The lowest BCUT2D eigenvalue weighted by molar-refractivity contribution is -0.00948. The second-order valence-corrected chi connectivity index (χ2v) is 11.8. The van der Waals surface area contributed by atoms with E-state index in [1.807, 2.05) is 6.20 Å². The van der Waals surface area contributed by atoms with Crippen LogP contribution in [-0.2, 0) is 4.43 Å². The lowest BCUT2D eigenvalue weighted by Crippen LogP contribution is -2.44. The Bertz CT molecular complexity index is 737. The van der Waals surface area contributed by atoms with Crippen LogP contribution >= 0.6 is 34.2 Å². The molecule has 1 aliphatic carbocycles. The quantitative estimate of drug-likeness (QED) is 0.465. The maximum atomic E-state index is 6.39. The SMILES string of the molecule is C[SiH](C)OC(C1CC(c2nc(I)c3c(Cl)nccn23)C1)C(C)(C)C. The first-order valence-corrected chi connectivity index (χ1v) is 12.8. The van der Waals surface area contributed by atoms with Crippen molar-refractivity contribution < 1.29 is 4.43 Å². The third-order valence-electron chi connectivity index (χ3n) is 4.74. The van der Waals surface area contributed by atoms with Crippen molar-refractivity contribution in [3.8, 4) is 0 Å². The van der Waals surface area contributed by atoms with Gasteiger partial charge in [0.2, 0.25) is 0 Å². The first kappa shape index (κ1) is 18.6. The molecule has 0 bridgehead atoms. The summed E-state index contributed by atoms with van der Waals surface area (Å²) in [5, 5.41) is 0.526. The molecule has 1 atom stereocenters. The van der Waals surface area contributed by atoms with E-state index in [-0.39, 0.29) is 5.41 Å². The smallest absolute Gasteiger partial charge is 0.171 e. The zero-order valence-corrected chi connectivity index (χ0v) is 19.0. The number of halogens is 2. The van der Waals surface area contributed by atoms with Gasteiger partial charge in [-0.15, -0.1) is 0 Å². The van der Waals surface area contributed by atoms with E-state index in [2.05, 4.69) is 65.8 Å². The highest BCUT2D eigenvalue weighted by Gasteiger charge is 2.43. The summed E-state index contributed by atoms with van der Waals surface area (Å²) in [6, 6.07) is 0. The molecule has 0 aliphatic heterocycles. The third kappa shape index (κ3) is 3.52. The highest BCUT2D eigenvalue weighted by atomic mass is 127. The van der Waals surface area contributed by atoms with Crippen LogP contribution in [0.3, 0.4) is 0 Å². The summed E-state index contributed by atoms with van der Waals surface area (Å²) in [6.07, 6.45) is 6.34. The number of nitrogens with zero attached hydrogens (tertiary/aromatic N) is 3. The minimum Gasteiger partial charge on any atom is -0.417 e. The Morgan fingerprint density at radius 1 is 1.38 bits per heavy atom. The Balaban J connectivity index is 1.80. The summed E-state index contributed by atoms with van der Waals surface area (Å²) in [7, 11) is -1.05. The van der Waals surface area contributed by atoms with Crippen LogP contribution < -0.4 is 0 Å². The van der Waals surface area contributed by atoms with Crippen molar-refractivity contribution >= 4 is 48.7 Å². The van der Waals surface area contributed by atoms with Crippen LogP contribution in [0.5, 0.6) is 0 Å². The fraction of sp³-hybridized carbons (Fsp3) is 0.647. The minimum atomic E-state index is -1.05. The summed E-state index contributed by atoms with van der Waals surface area (Å²) in [6.45, 7) is 11.4. The Labute approximate surface area is 164 Å². The Kier molecular flexibility index (Phi) is 5.31. The second kappa shape index (κ2) is 6.85. The summed E-state index contributed by atoms with van der Waals surface area (Å²) >= 11 is 8.50. The van der Waals surface area contributed by atoms with E-state index in [1.54, 1.807) is 6.20 Å².